The standard InChI is InChI=1S/C15H19ClN6O/c16-13-1-2-14(20-19-13)22-7-3-12(4-8-22)15(23)18-6-10-21-9-5-17-11-21/h1-2,5,9,11-12H,3-4,6-8,10H2,(H,18,23). The lowest BCUT2D eigenvalue weighted by atomic mass is 9.96. The van der Waals surface area contributed by atoms with Crippen molar-refractivity contribution in [1.29, 1.82) is 0 Å². The number of piperidine rings is 1. The van der Waals surface area contributed by atoms with Gasteiger partial charge in [0.15, 0.2) is 11.0 Å². The van der Waals surface area contributed by atoms with Gasteiger partial charge in [0.2, 0.25) is 5.91 Å². The molecule has 0 bridgehead atoms. The molecule has 0 spiro atoms. The third-order valence-electron chi connectivity index (χ3n) is 4.04. The van der Waals surface area contributed by atoms with Crippen LogP contribution in [0.25, 0.3) is 0 Å². The SMILES string of the molecule is O=C(NCCn1ccnc1)C1CCN(c2ccc(Cl)nn2)CC1. The summed E-state index contributed by atoms with van der Waals surface area (Å²) in [6, 6.07) is 3.60. The van der Waals surface area contributed by atoms with Crippen molar-refractivity contribution >= 4 is 23.3 Å². The Labute approximate surface area is 139 Å². The van der Waals surface area contributed by atoms with Crippen LogP contribution in [0.1, 0.15) is 12.8 Å². The summed E-state index contributed by atoms with van der Waals surface area (Å²) in [5.74, 6) is 1.01. The number of aromatic nitrogens is 4. The van der Waals surface area contributed by atoms with Crippen LogP contribution in [0.3, 0.4) is 0 Å². The van der Waals surface area contributed by atoms with Crippen molar-refractivity contribution < 1.29 is 4.79 Å². The van der Waals surface area contributed by atoms with Gasteiger partial charge in [0.1, 0.15) is 0 Å². The molecular formula is C15H19ClN6O. The smallest absolute Gasteiger partial charge is 0.223 e. The highest BCUT2D eigenvalue weighted by Gasteiger charge is 2.25. The van der Waals surface area contributed by atoms with Crippen LogP contribution in [0.5, 0.6) is 0 Å². The van der Waals surface area contributed by atoms with Crippen molar-refractivity contribution in [3.8, 4) is 0 Å². The van der Waals surface area contributed by atoms with Gasteiger partial charge in [0.25, 0.3) is 0 Å². The van der Waals surface area contributed by atoms with E-state index in [1.807, 2.05) is 16.8 Å². The number of nitrogens with zero attached hydrogens (tertiary/aromatic N) is 5. The van der Waals surface area contributed by atoms with Gasteiger partial charge < -0.3 is 14.8 Å². The highest BCUT2D eigenvalue weighted by Crippen LogP contribution is 2.22. The van der Waals surface area contributed by atoms with Crippen LogP contribution in [0.4, 0.5) is 5.82 Å². The molecule has 0 aromatic carbocycles. The van der Waals surface area contributed by atoms with E-state index in [0.29, 0.717) is 11.7 Å². The molecule has 0 radical (unpaired) electrons. The monoisotopic (exact) mass is 334 g/mol. The predicted octanol–water partition coefficient (Wildman–Crippen LogP) is 1.36. The number of carbonyl (C=O) groups excluding carboxylic acids is 1. The van der Waals surface area contributed by atoms with Gasteiger partial charge in [-0.25, -0.2) is 4.98 Å². The first-order valence-electron chi connectivity index (χ1n) is 7.70. The van der Waals surface area contributed by atoms with Crippen molar-refractivity contribution in [2.45, 2.75) is 19.4 Å². The molecule has 0 aliphatic carbocycles. The molecular weight excluding hydrogens is 316 g/mol. The molecule has 1 aliphatic rings. The summed E-state index contributed by atoms with van der Waals surface area (Å²) >= 11 is 5.75. The minimum absolute atomic E-state index is 0.0642. The molecule has 1 fully saturated rings. The van der Waals surface area contributed by atoms with E-state index in [4.69, 9.17) is 11.6 Å². The maximum atomic E-state index is 12.2. The molecule has 1 saturated heterocycles. The Kier molecular flexibility index (Phi) is 5.07. The largest absolute Gasteiger partial charge is 0.355 e. The third-order valence-corrected chi connectivity index (χ3v) is 4.24. The zero-order valence-corrected chi connectivity index (χ0v) is 13.5. The Morgan fingerprint density at radius 3 is 2.78 bits per heavy atom. The molecule has 1 amide bonds. The average Bonchev–Trinajstić information content (AvgIpc) is 3.09. The minimum Gasteiger partial charge on any atom is -0.355 e. The van der Waals surface area contributed by atoms with Crippen molar-refractivity contribution in [1.82, 2.24) is 25.1 Å². The number of rotatable bonds is 5. The topological polar surface area (TPSA) is 75.9 Å². The molecule has 0 saturated carbocycles. The molecule has 3 rings (SSSR count). The number of amides is 1. The van der Waals surface area contributed by atoms with E-state index in [9.17, 15) is 4.79 Å². The van der Waals surface area contributed by atoms with Crippen LogP contribution < -0.4 is 10.2 Å². The summed E-state index contributed by atoms with van der Waals surface area (Å²) < 4.78 is 1.95. The highest BCUT2D eigenvalue weighted by atomic mass is 35.5. The van der Waals surface area contributed by atoms with Crippen LogP contribution in [0.15, 0.2) is 30.9 Å². The van der Waals surface area contributed by atoms with Gasteiger partial charge in [-0.15, -0.1) is 10.2 Å². The van der Waals surface area contributed by atoms with Crippen LogP contribution in [-0.4, -0.2) is 45.3 Å². The number of halogens is 1. The first-order chi connectivity index (χ1) is 11.2. The number of imidazole rings is 1. The van der Waals surface area contributed by atoms with Gasteiger partial charge in [-0.2, -0.15) is 0 Å². The van der Waals surface area contributed by atoms with Crippen molar-refractivity contribution in [3.63, 3.8) is 0 Å². The number of carbonyl (C=O) groups is 1. The molecule has 8 heteroatoms. The fourth-order valence-electron chi connectivity index (χ4n) is 2.72. The number of nitrogens with one attached hydrogen (secondary N) is 1. The summed E-state index contributed by atoms with van der Waals surface area (Å²) in [4.78, 5) is 18.3. The molecule has 2 aromatic heterocycles. The molecule has 0 unspecified atom stereocenters. The second-order valence-corrected chi connectivity index (χ2v) is 5.95. The van der Waals surface area contributed by atoms with E-state index < -0.39 is 0 Å². The maximum absolute atomic E-state index is 12.2. The van der Waals surface area contributed by atoms with Crippen LogP contribution >= 0.6 is 11.6 Å². The summed E-state index contributed by atoms with van der Waals surface area (Å²) in [7, 11) is 0. The first-order valence-corrected chi connectivity index (χ1v) is 8.08. The van der Waals surface area contributed by atoms with Crippen molar-refractivity contribution in [2.75, 3.05) is 24.5 Å². The third kappa shape index (κ3) is 4.19. The van der Waals surface area contributed by atoms with Gasteiger partial charge in [0.05, 0.1) is 6.33 Å². The average molecular weight is 335 g/mol. The Bertz CT molecular complexity index is 622. The Morgan fingerprint density at radius 1 is 1.30 bits per heavy atom. The molecule has 1 N–H and O–H groups in total. The van der Waals surface area contributed by atoms with Gasteiger partial charge >= 0.3 is 0 Å². The summed E-state index contributed by atoms with van der Waals surface area (Å²) in [5.41, 5.74) is 0. The lowest BCUT2D eigenvalue weighted by Gasteiger charge is -2.31. The minimum atomic E-state index is 0.0642. The number of hydrogen-bond donors (Lipinski definition) is 1. The zero-order valence-electron chi connectivity index (χ0n) is 12.7. The normalized spacial score (nSPS) is 15.6. The van der Waals surface area contributed by atoms with E-state index in [1.54, 1.807) is 18.6 Å². The Hall–Kier alpha value is -2.15. The first kappa shape index (κ1) is 15.7. The lowest BCUT2D eigenvalue weighted by molar-refractivity contribution is -0.125. The van der Waals surface area contributed by atoms with E-state index in [-0.39, 0.29) is 11.8 Å². The van der Waals surface area contributed by atoms with Crippen LogP contribution in [-0.2, 0) is 11.3 Å². The van der Waals surface area contributed by atoms with E-state index in [0.717, 1.165) is 38.3 Å². The molecule has 3 heterocycles. The lowest BCUT2D eigenvalue weighted by Crippen LogP contribution is -2.41. The van der Waals surface area contributed by atoms with E-state index >= 15 is 0 Å². The molecule has 122 valence electrons. The Balaban J connectivity index is 1.43. The van der Waals surface area contributed by atoms with Crippen LogP contribution in [0, 0.1) is 5.92 Å². The Morgan fingerprint density at radius 2 is 2.13 bits per heavy atom. The summed E-state index contributed by atoms with van der Waals surface area (Å²) in [6.07, 6.45) is 7.01. The molecule has 7 nitrogen and oxygen atoms in total. The molecule has 1 aliphatic heterocycles. The van der Waals surface area contributed by atoms with Gasteiger partial charge in [-0.3, -0.25) is 4.79 Å². The van der Waals surface area contributed by atoms with Gasteiger partial charge in [-0.05, 0) is 25.0 Å². The second-order valence-electron chi connectivity index (χ2n) is 5.57. The number of anilines is 1. The fourth-order valence-corrected chi connectivity index (χ4v) is 2.82. The van der Waals surface area contributed by atoms with E-state index in [1.165, 1.54) is 0 Å². The van der Waals surface area contributed by atoms with Crippen molar-refractivity contribution in [3.05, 3.63) is 36.0 Å². The quantitative estimate of drug-likeness (QED) is 0.893. The summed E-state index contributed by atoms with van der Waals surface area (Å²) in [5, 5.41) is 11.3. The predicted molar refractivity (Wildman–Crippen MR) is 87.2 cm³/mol. The van der Waals surface area contributed by atoms with Gasteiger partial charge in [-0.1, -0.05) is 11.6 Å². The molecule has 0 atom stereocenters. The fraction of sp³-hybridized carbons (Fsp3) is 0.467. The van der Waals surface area contributed by atoms with Crippen molar-refractivity contribution in [2.24, 2.45) is 5.92 Å². The molecule has 2 aromatic rings. The van der Waals surface area contributed by atoms with Gasteiger partial charge in [0, 0.05) is 44.5 Å². The molecule has 23 heavy (non-hydrogen) atoms. The second kappa shape index (κ2) is 7.41. The number of hydrogen-bond acceptors (Lipinski definition) is 5. The zero-order chi connectivity index (χ0) is 16.1. The van der Waals surface area contributed by atoms with Crippen LogP contribution in [0.2, 0.25) is 5.15 Å². The highest BCUT2D eigenvalue weighted by molar-refractivity contribution is 6.29. The maximum Gasteiger partial charge on any atom is 0.223 e. The van der Waals surface area contributed by atoms with E-state index in [2.05, 4.69) is 25.4 Å². The summed E-state index contributed by atoms with van der Waals surface area (Å²) in [6.45, 7) is 2.97.